The van der Waals surface area contributed by atoms with Crippen molar-refractivity contribution >= 4 is 11.6 Å². The Morgan fingerprint density at radius 1 is 1.18 bits per heavy atom. The average molecular weight is 473 g/mol. The van der Waals surface area contributed by atoms with Crippen molar-refractivity contribution in [3.63, 3.8) is 0 Å². The van der Waals surface area contributed by atoms with Crippen LogP contribution in [0.25, 0.3) is 0 Å². The second-order valence-electron chi connectivity index (χ2n) is 10.6. The van der Waals surface area contributed by atoms with Gasteiger partial charge in [0.05, 0.1) is 0 Å². The van der Waals surface area contributed by atoms with Crippen LogP contribution in [0.2, 0.25) is 5.02 Å². The summed E-state index contributed by atoms with van der Waals surface area (Å²) in [6, 6.07) is 8.34. The summed E-state index contributed by atoms with van der Waals surface area (Å²) in [4.78, 5) is 5.23. The molecule has 0 aromatic heterocycles. The summed E-state index contributed by atoms with van der Waals surface area (Å²) in [7, 11) is 2.34. The lowest BCUT2D eigenvalue weighted by Crippen LogP contribution is -2.45. The van der Waals surface area contributed by atoms with E-state index in [4.69, 9.17) is 11.6 Å². The van der Waals surface area contributed by atoms with Gasteiger partial charge in [-0.2, -0.15) is 0 Å². The number of benzene rings is 1. The molecule has 1 aromatic rings. The molecule has 2 atom stereocenters. The number of rotatable bonds is 15. The van der Waals surface area contributed by atoms with Gasteiger partial charge in [0.2, 0.25) is 0 Å². The van der Waals surface area contributed by atoms with Crippen LogP contribution in [-0.4, -0.2) is 43.0 Å². The average Bonchev–Trinajstić information content (AvgIpc) is 2.83. The van der Waals surface area contributed by atoms with Crippen LogP contribution >= 0.6 is 11.6 Å². The molecule has 1 heterocycles. The van der Waals surface area contributed by atoms with E-state index in [9.17, 15) is 0 Å². The zero-order chi connectivity index (χ0) is 24.3. The molecule has 186 valence electrons. The number of likely N-dealkylation sites (tertiary alicyclic amines) is 1. The van der Waals surface area contributed by atoms with E-state index in [0.717, 1.165) is 23.9 Å². The zero-order valence-electron chi connectivity index (χ0n) is 21.9. The van der Waals surface area contributed by atoms with Crippen molar-refractivity contribution in [2.75, 3.05) is 33.2 Å². The molecular formula is C30H49ClN2. The van der Waals surface area contributed by atoms with Crippen LogP contribution in [0.1, 0.15) is 77.7 Å². The monoisotopic (exact) mass is 472 g/mol. The Bertz CT molecular complexity index is 703. The number of nitrogens with zero attached hydrogens (tertiary/aromatic N) is 2. The van der Waals surface area contributed by atoms with Gasteiger partial charge >= 0.3 is 0 Å². The number of allylic oxidation sites excluding steroid dienone is 2. The first-order chi connectivity index (χ1) is 15.8. The fourth-order valence-electron chi connectivity index (χ4n) is 5.29. The molecule has 0 bridgehead atoms. The van der Waals surface area contributed by atoms with E-state index in [1.165, 1.54) is 82.3 Å². The highest BCUT2D eigenvalue weighted by Gasteiger charge is 2.33. The number of halogens is 1. The van der Waals surface area contributed by atoms with Gasteiger partial charge in [-0.05, 0) is 107 Å². The highest BCUT2D eigenvalue weighted by molar-refractivity contribution is 6.30. The molecule has 0 amide bonds. The summed E-state index contributed by atoms with van der Waals surface area (Å²) in [5.41, 5.74) is 3.19. The third-order valence-corrected chi connectivity index (χ3v) is 8.44. The third kappa shape index (κ3) is 9.59. The van der Waals surface area contributed by atoms with Gasteiger partial charge in [-0.25, -0.2) is 0 Å². The predicted octanol–water partition coefficient (Wildman–Crippen LogP) is 8.23. The first kappa shape index (κ1) is 28.1. The molecule has 1 aromatic carbocycles. The molecule has 2 rings (SSSR count). The molecular weight excluding hydrogens is 424 g/mol. The normalized spacial score (nSPS) is 18.2. The first-order valence-corrected chi connectivity index (χ1v) is 13.6. The molecule has 0 N–H and O–H groups in total. The number of piperidine rings is 1. The minimum Gasteiger partial charge on any atom is -0.306 e. The highest BCUT2D eigenvalue weighted by Crippen LogP contribution is 2.36. The van der Waals surface area contributed by atoms with Gasteiger partial charge in [-0.3, -0.25) is 4.90 Å². The van der Waals surface area contributed by atoms with Crippen molar-refractivity contribution in [3.05, 3.63) is 59.7 Å². The molecule has 2 unspecified atom stereocenters. The van der Waals surface area contributed by atoms with E-state index in [1.807, 2.05) is 18.2 Å². The van der Waals surface area contributed by atoms with Crippen molar-refractivity contribution in [2.45, 2.75) is 78.7 Å². The van der Waals surface area contributed by atoms with Gasteiger partial charge in [0.15, 0.2) is 0 Å². The molecule has 1 aliphatic rings. The Balaban J connectivity index is 1.72. The summed E-state index contributed by atoms with van der Waals surface area (Å²) in [6.07, 6.45) is 12.3. The first-order valence-electron chi connectivity index (χ1n) is 13.3. The lowest BCUT2D eigenvalue weighted by Gasteiger charge is -2.43. The maximum absolute atomic E-state index is 6.04. The topological polar surface area (TPSA) is 6.48 Å². The smallest absolute Gasteiger partial charge is 0.0406 e. The minimum atomic E-state index is 0.441. The molecule has 1 fully saturated rings. The van der Waals surface area contributed by atoms with Crippen molar-refractivity contribution < 1.29 is 0 Å². The predicted molar refractivity (Wildman–Crippen MR) is 147 cm³/mol. The molecule has 0 saturated carbocycles. The fraction of sp³-hybridized carbons (Fsp3) is 0.667. The Morgan fingerprint density at radius 2 is 1.85 bits per heavy atom. The summed E-state index contributed by atoms with van der Waals surface area (Å²) >= 11 is 6.04. The van der Waals surface area contributed by atoms with Gasteiger partial charge in [0.25, 0.3) is 0 Å². The van der Waals surface area contributed by atoms with Crippen LogP contribution in [0.5, 0.6) is 0 Å². The molecule has 3 heteroatoms. The Morgan fingerprint density at radius 3 is 2.42 bits per heavy atom. The van der Waals surface area contributed by atoms with Crippen LogP contribution in [0.4, 0.5) is 0 Å². The summed E-state index contributed by atoms with van der Waals surface area (Å²) in [5, 5.41) is 0.823. The summed E-state index contributed by atoms with van der Waals surface area (Å²) in [5.74, 6) is 1.26. The Labute approximate surface area is 210 Å². The third-order valence-electron chi connectivity index (χ3n) is 8.19. The maximum Gasteiger partial charge on any atom is 0.0406 e. The molecule has 0 radical (unpaired) electrons. The van der Waals surface area contributed by atoms with Crippen LogP contribution in [0.3, 0.4) is 0 Å². The van der Waals surface area contributed by atoms with Crippen molar-refractivity contribution in [2.24, 2.45) is 17.3 Å². The minimum absolute atomic E-state index is 0.441. The van der Waals surface area contributed by atoms with Gasteiger partial charge in [0.1, 0.15) is 0 Å². The standard InChI is InChI=1S/C30H49ClN2/c1-7-25(4)26(5)12-13-27(8-2)11-10-20-32(6)24-30(9-3)18-21-33(22-19-30)23-28-14-16-29(31)17-15-28/h7,14-17,25,27H,1,5,8-13,18-24H2,2-4,6H3. The lowest BCUT2D eigenvalue weighted by atomic mass is 9.75. The largest absolute Gasteiger partial charge is 0.306 e. The SMILES string of the molecule is C=CC(C)C(=C)CCC(CC)CCCN(C)CC1(CC)CCN(Cc2ccc(Cl)cc2)CC1. The molecule has 1 aliphatic heterocycles. The van der Waals surface area contributed by atoms with Crippen molar-refractivity contribution in [1.29, 1.82) is 0 Å². The van der Waals surface area contributed by atoms with Gasteiger partial charge in [0, 0.05) is 18.1 Å². The quantitative estimate of drug-likeness (QED) is 0.237. The summed E-state index contributed by atoms with van der Waals surface area (Å²) in [6.45, 7) is 21.0. The lowest BCUT2D eigenvalue weighted by molar-refractivity contribution is 0.0618. The van der Waals surface area contributed by atoms with E-state index in [2.05, 4.69) is 62.9 Å². The van der Waals surface area contributed by atoms with E-state index in [1.54, 1.807) is 0 Å². The van der Waals surface area contributed by atoms with Gasteiger partial charge < -0.3 is 4.90 Å². The van der Waals surface area contributed by atoms with Crippen LogP contribution in [0.15, 0.2) is 49.1 Å². The zero-order valence-corrected chi connectivity index (χ0v) is 22.7. The van der Waals surface area contributed by atoms with Crippen molar-refractivity contribution in [1.82, 2.24) is 9.80 Å². The fourth-order valence-corrected chi connectivity index (χ4v) is 5.42. The molecule has 2 nitrogen and oxygen atoms in total. The molecule has 33 heavy (non-hydrogen) atoms. The van der Waals surface area contributed by atoms with Gasteiger partial charge in [-0.15, -0.1) is 6.58 Å². The highest BCUT2D eigenvalue weighted by atomic mass is 35.5. The van der Waals surface area contributed by atoms with Crippen LogP contribution in [-0.2, 0) is 6.54 Å². The molecule has 0 spiro atoms. The Kier molecular flexibility index (Phi) is 12.2. The molecule has 1 saturated heterocycles. The second-order valence-corrected chi connectivity index (χ2v) is 11.1. The number of hydrogen-bond acceptors (Lipinski definition) is 2. The van der Waals surface area contributed by atoms with Gasteiger partial charge in [-0.1, -0.05) is 69.2 Å². The van der Waals surface area contributed by atoms with E-state index in [-0.39, 0.29) is 0 Å². The van der Waals surface area contributed by atoms with Crippen molar-refractivity contribution in [3.8, 4) is 0 Å². The number of hydrogen-bond donors (Lipinski definition) is 0. The maximum atomic E-state index is 6.04. The van der Waals surface area contributed by atoms with E-state index in [0.29, 0.717) is 11.3 Å². The Hall–Kier alpha value is -1.09. The molecule has 0 aliphatic carbocycles. The van der Waals surface area contributed by atoms with Crippen LogP contribution < -0.4 is 0 Å². The van der Waals surface area contributed by atoms with E-state index < -0.39 is 0 Å². The van der Waals surface area contributed by atoms with E-state index >= 15 is 0 Å². The van der Waals surface area contributed by atoms with Crippen LogP contribution in [0, 0.1) is 17.3 Å². The second kappa shape index (κ2) is 14.3. The summed E-state index contributed by atoms with van der Waals surface area (Å²) < 4.78 is 0.